The molecule has 0 aliphatic rings. The van der Waals surface area contributed by atoms with Crippen molar-refractivity contribution in [2.75, 3.05) is 20.7 Å². The fourth-order valence-corrected chi connectivity index (χ4v) is 1.37. The van der Waals surface area contributed by atoms with Gasteiger partial charge in [0.25, 0.3) is 5.91 Å². The van der Waals surface area contributed by atoms with E-state index in [9.17, 15) is 14.0 Å². The number of rotatable bonds is 3. The van der Waals surface area contributed by atoms with E-state index < -0.39 is 17.7 Å². The van der Waals surface area contributed by atoms with Crippen LogP contribution in [-0.2, 0) is 9.53 Å². The summed E-state index contributed by atoms with van der Waals surface area (Å²) in [6.45, 7) is -0.249. The number of hydrogen-bond donors (Lipinski definition) is 0. The molecule has 1 aromatic carbocycles. The number of benzene rings is 1. The van der Waals surface area contributed by atoms with Crippen molar-refractivity contribution in [3.63, 3.8) is 0 Å². The van der Waals surface area contributed by atoms with Crippen LogP contribution < -0.4 is 0 Å². The molecule has 1 amide bonds. The Hall–Kier alpha value is -1.62. The average Bonchev–Trinajstić information content (AvgIpc) is 2.31. The van der Waals surface area contributed by atoms with Crippen LogP contribution in [0.3, 0.4) is 0 Å². The highest BCUT2D eigenvalue weighted by molar-refractivity contribution is 6.31. The van der Waals surface area contributed by atoms with Crippen molar-refractivity contribution in [3.8, 4) is 0 Å². The van der Waals surface area contributed by atoms with Gasteiger partial charge in [-0.05, 0) is 18.2 Å². The van der Waals surface area contributed by atoms with Crippen LogP contribution in [-0.4, -0.2) is 37.5 Å². The third kappa shape index (κ3) is 3.42. The zero-order valence-corrected chi connectivity index (χ0v) is 10.1. The SMILES string of the molecule is COC(=O)CN(C)C(=O)c1cc(Cl)ccc1F. The lowest BCUT2D eigenvalue weighted by atomic mass is 10.2. The van der Waals surface area contributed by atoms with Crippen molar-refractivity contribution in [3.05, 3.63) is 34.6 Å². The van der Waals surface area contributed by atoms with Crippen molar-refractivity contribution in [1.82, 2.24) is 4.90 Å². The number of amides is 1. The van der Waals surface area contributed by atoms with Gasteiger partial charge in [0, 0.05) is 12.1 Å². The lowest BCUT2D eigenvalue weighted by molar-refractivity contribution is -0.141. The summed E-state index contributed by atoms with van der Waals surface area (Å²) < 4.78 is 17.8. The van der Waals surface area contributed by atoms with Crippen LogP contribution in [0, 0.1) is 5.82 Å². The Morgan fingerprint density at radius 1 is 1.47 bits per heavy atom. The molecule has 4 nitrogen and oxygen atoms in total. The average molecular weight is 260 g/mol. The Bertz CT molecular complexity index is 450. The van der Waals surface area contributed by atoms with Gasteiger partial charge < -0.3 is 9.64 Å². The molecular formula is C11H11ClFNO3. The van der Waals surface area contributed by atoms with Gasteiger partial charge in [-0.15, -0.1) is 0 Å². The number of likely N-dealkylation sites (N-methyl/N-ethyl adjacent to an activating group) is 1. The topological polar surface area (TPSA) is 46.6 Å². The lowest BCUT2D eigenvalue weighted by Gasteiger charge is -2.16. The zero-order chi connectivity index (χ0) is 13.0. The second-order valence-corrected chi connectivity index (χ2v) is 3.80. The summed E-state index contributed by atoms with van der Waals surface area (Å²) in [4.78, 5) is 23.8. The van der Waals surface area contributed by atoms with Crippen LogP contribution in [0.25, 0.3) is 0 Å². The van der Waals surface area contributed by atoms with Crippen molar-refractivity contribution in [2.45, 2.75) is 0 Å². The first-order valence-electron chi connectivity index (χ1n) is 4.73. The fraction of sp³-hybridized carbons (Fsp3) is 0.273. The Balaban J connectivity index is 2.88. The van der Waals surface area contributed by atoms with E-state index in [4.69, 9.17) is 11.6 Å². The van der Waals surface area contributed by atoms with Crippen molar-refractivity contribution in [2.24, 2.45) is 0 Å². The molecule has 0 radical (unpaired) electrons. The smallest absolute Gasteiger partial charge is 0.325 e. The van der Waals surface area contributed by atoms with Crippen LogP contribution in [0.15, 0.2) is 18.2 Å². The van der Waals surface area contributed by atoms with Crippen molar-refractivity contribution in [1.29, 1.82) is 0 Å². The maximum Gasteiger partial charge on any atom is 0.325 e. The number of halogens is 2. The minimum atomic E-state index is -0.684. The molecule has 0 unspecified atom stereocenters. The maximum atomic E-state index is 13.4. The number of methoxy groups -OCH3 is 1. The van der Waals surface area contributed by atoms with Gasteiger partial charge in [0.15, 0.2) is 0 Å². The van der Waals surface area contributed by atoms with Gasteiger partial charge >= 0.3 is 5.97 Å². The minimum absolute atomic E-state index is 0.177. The molecule has 92 valence electrons. The lowest BCUT2D eigenvalue weighted by Crippen LogP contribution is -2.33. The van der Waals surface area contributed by atoms with E-state index in [0.717, 1.165) is 11.0 Å². The van der Waals surface area contributed by atoms with E-state index in [1.165, 1.54) is 26.3 Å². The van der Waals surface area contributed by atoms with E-state index in [1.54, 1.807) is 0 Å². The molecule has 6 heteroatoms. The van der Waals surface area contributed by atoms with Gasteiger partial charge in [-0.3, -0.25) is 9.59 Å². The van der Waals surface area contributed by atoms with Crippen molar-refractivity contribution >= 4 is 23.5 Å². The summed E-state index contributed by atoms with van der Waals surface area (Å²) in [5, 5.41) is 0.251. The summed E-state index contributed by atoms with van der Waals surface area (Å²) in [6.07, 6.45) is 0. The first-order chi connectivity index (χ1) is 7.95. The Kier molecular flexibility index (Phi) is 4.45. The molecule has 1 aromatic rings. The summed E-state index contributed by atoms with van der Waals surface area (Å²) >= 11 is 5.67. The molecule has 0 aromatic heterocycles. The van der Waals surface area contributed by atoms with Crippen LogP contribution in [0.4, 0.5) is 4.39 Å². The predicted octanol–water partition coefficient (Wildman–Crippen LogP) is 1.72. The standard InChI is InChI=1S/C11H11ClFNO3/c1-14(6-10(15)17-2)11(16)8-5-7(12)3-4-9(8)13/h3-5H,6H2,1-2H3. The molecule has 0 bridgehead atoms. The molecule has 0 heterocycles. The number of hydrogen-bond acceptors (Lipinski definition) is 3. The number of carbonyl (C=O) groups excluding carboxylic acids is 2. The van der Waals surface area contributed by atoms with Crippen LogP contribution in [0.5, 0.6) is 0 Å². The minimum Gasteiger partial charge on any atom is -0.468 e. The Morgan fingerprint density at radius 3 is 2.71 bits per heavy atom. The third-order valence-corrected chi connectivity index (χ3v) is 2.33. The number of ether oxygens (including phenoxy) is 1. The van der Waals surface area contributed by atoms with Gasteiger partial charge in [-0.2, -0.15) is 0 Å². The number of esters is 1. The summed E-state index contributed by atoms with van der Waals surface area (Å²) in [5.74, 6) is -1.89. The first kappa shape index (κ1) is 13.4. The van der Waals surface area contributed by atoms with E-state index in [2.05, 4.69) is 4.74 Å². The summed E-state index contributed by atoms with van der Waals surface area (Å²) in [5.41, 5.74) is -0.177. The van der Waals surface area contributed by atoms with Crippen LogP contribution >= 0.6 is 11.6 Å². The molecule has 0 fully saturated rings. The number of carbonyl (C=O) groups is 2. The largest absolute Gasteiger partial charge is 0.468 e. The van der Waals surface area contributed by atoms with E-state index in [-0.39, 0.29) is 17.1 Å². The molecule has 1 rings (SSSR count). The van der Waals surface area contributed by atoms with E-state index >= 15 is 0 Å². The summed E-state index contributed by atoms with van der Waals surface area (Å²) in [6, 6.07) is 3.66. The quantitative estimate of drug-likeness (QED) is 0.777. The van der Waals surface area contributed by atoms with Gasteiger partial charge in [-0.1, -0.05) is 11.6 Å². The predicted molar refractivity (Wildman–Crippen MR) is 60.4 cm³/mol. The van der Waals surface area contributed by atoms with Crippen molar-refractivity contribution < 1.29 is 18.7 Å². The second kappa shape index (κ2) is 5.63. The highest BCUT2D eigenvalue weighted by Gasteiger charge is 2.18. The van der Waals surface area contributed by atoms with Gasteiger partial charge in [0.2, 0.25) is 0 Å². The van der Waals surface area contributed by atoms with Crippen LogP contribution in [0.2, 0.25) is 5.02 Å². The third-order valence-electron chi connectivity index (χ3n) is 2.10. The molecular weight excluding hydrogens is 249 g/mol. The van der Waals surface area contributed by atoms with E-state index in [0.29, 0.717) is 0 Å². The molecule has 0 aliphatic heterocycles. The van der Waals surface area contributed by atoms with Gasteiger partial charge in [-0.25, -0.2) is 4.39 Å². The highest BCUT2D eigenvalue weighted by atomic mass is 35.5. The normalized spacial score (nSPS) is 9.88. The van der Waals surface area contributed by atoms with Gasteiger partial charge in [0.05, 0.1) is 12.7 Å². The molecule has 17 heavy (non-hydrogen) atoms. The van der Waals surface area contributed by atoms with Crippen LogP contribution in [0.1, 0.15) is 10.4 Å². The van der Waals surface area contributed by atoms with Gasteiger partial charge in [0.1, 0.15) is 12.4 Å². The fourth-order valence-electron chi connectivity index (χ4n) is 1.20. The van der Waals surface area contributed by atoms with E-state index in [1.807, 2.05) is 0 Å². The molecule has 0 saturated carbocycles. The molecule has 0 N–H and O–H groups in total. The maximum absolute atomic E-state index is 13.4. The molecule has 0 aliphatic carbocycles. The molecule has 0 saturated heterocycles. The number of nitrogens with zero attached hydrogens (tertiary/aromatic N) is 1. The first-order valence-corrected chi connectivity index (χ1v) is 5.11. The second-order valence-electron chi connectivity index (χ2n) is 3.36. The summed E-state index contributed by atoms with van der Waals surface area (Å²) in [7, 11) is 2.58. The molecule has 0 atom stereocenters. The monoisotopic (exact) mass is 259 g/mol. The highest BCUT2D eigenvalue weighted by Crippen LogP contribution is 2.16. The Morgan fingerprint density at radius 2 is 2.12 bits per heavy atom. The zero-order valence-electron chi connectivity index (χ0n) is 9.37. The Labute approximate surface area is 103 Å². The molecule has 0 spiro atoms.